The third kappa shape index (κ3) is 4.11. The number of aromatic nitrogens is 2. The summed E-state index contributed by atoms with van der Waals surface area (Å²) < 4.78 is 57.2. The summed E-state index contributed by atoms with van der Waals surface area (Å²) in [7, 11) is -7.70. The summed E-state index contributed by atoms with van der Waals surface area (Å²) in [5.74, 6) is 0.710. The lowest BCUT2D eigenvalue weighted by Gasteiger charge is -2.11. The molecule has 8 nitrogen and oxygen atoms in total. The third-order valence-electron chi connectivity index (χ3n) is 4.61. The van der Waals surface area contributed by atoms with Gasteiger partial charge in [-0.1, -0.05) is 11.6 Å². The topological polar surface area (TPSA) is 118 Å². The second-order valence-corrected chi connectivity index (χ2v) is 10.9. The molecule has 1 aromatic heterocycles. The van der Waals surface area contributed by atoms with Crippen molar-refractivity contribution in [2.45, 2.75) is 28.7 Å². The Morgan fingerprint density at radius 1 is 1.17 bits per heavy atom. The minimum Gasteiger partial charge on any atom is -0.370 e. The first-order valence-corrected chi connectivity index (χ1v) is 12.5. The highest BCUT2D eigenvalue weighted by molar-refractivity contribution is 7.93. The Labute approximate surface area is 173 Å². The zero-order valence-corrected chi connectivity index (χ0v) is 17.7. The molecule has 1 aliphatic heterocycles. The van der Waals surface area contributed by atoms with E-state index in [9.17, 15) is 16.8 Å². The van der Waals surface area contributed by atoms with Crippen LogP contribution in [0.5, 0.6) is 0 Å². The number of nitrogens with zero attached hydrogens (tertiary/aromatic N) is 1. The number of anilines is 1. The highest BCUT2D eigenvalue weighted by Crippen LogP contribution is 2.30. The highest BCUT2D eigenvalue weighted by Gasteiger charge is 2.23. The Hall–Kier alpha value is -2.14. The molecule has 3 aromatic rings. The van der Waals surface area contributed by atoms with Crippen LogP contribution in [0.1, 0.15) is 24.8 Å². The number of sulfone groups is 1. The molecule has 2 N–H and O–H groups in total. The van der Waals surface area contributed by atoms with Crippen molar-refractivity contribution in [3.8, 4) is 0 Å². The number of halogens is 1. The van der Waals surface area contributed by atoms with E-state index in [4.69, 9.17) is 16.3 Å². The van der Waals surface area contributed by atoms with E-state index in [0.717, 1.165) is 25.2 Å². The quantitative estimate of drug-likeness (QED) is 0.609. The predicted molar refractivity (Wildman–Crippen MR) is 109 cm³/mol. The first-order valence-electron chi connectivity index (χ1n) is 8.77. The SMILES string of the molecule is CS(=O)(=O)c1ccc(Cl)c(S(=O)(=O)Nc2ccc3nc(C4CCCO4)[nH]c3c2)c1. The number of H-pyrrole nitrogens is 1. The Bertz CT molecular complexity index is 1300. The number of fused-ring (bicyclic) bond motifs is 1. The van der Waals surface area contributed by atoms with Crippen LogP contribution in [0.3, 0.4) is 0 Å². The number of benzene rings is 2. The van der Waals surface area contributed by atoms with Crippen LogP contribution >= 0.6 is 11.6 Å². The van der Waals surface area contributed by atoms with E-state index < -0.39 is 19.9 Å². The van der Waals surface area contributed by atoms with Crippen LogP contribution in [0.15, 0.2) is 46.2 Å². The molecule has 0 amide bonds. The van der Waals surface area contributed by atoms with Crippen molar-refractivity contribution in [3.05, 3.63) is 47.2 Å². The molecule has 1 atom stereocenters. The number of hydrogen-bond donors (Lipinski definition) is 2. The Morgan fingerprint density at radius 2 is 1.97 bits per heavy atom. The molecule has 29 heavy (non-hydrogen) atoms. The molecule has 0 radical (unpaired) electrons. The molecule has 4 rings (SSSR count). The fourth-order valence-electron chi connectivity index (χ4n) is 3.17. The lowest BCUT2D eigenvalue weighted by Crippen LogP contribution is -2.14. The maximum atomic E-state index is 12.8. The summed E-state index contributed by atoms with van der Waals surface area (Å²) in [6.07, 6.45) is 2.77. The molecule has 2 aromatic carbocycles. The number of rotatable bonds is 5. The van der Waals surface area contributed by atoms with Gasteiger partial charge in [-0.25, -0.2) is 21.8 Å². The van der Waals surface area contributed by atoms with E-state index in [-0.39, 0.29) is 20.9 Å². The van der Waals surface area contributed by atoms with E-state index in [1.54, 1.807) is 18.2 Å². The van der Waals surface area contributed by atoms with Crippen LogP contribution in [-0.2, 0) is 24.6 Å². The maximum Gasteiger partial charge on any atom is 0.263 e. The standard InChI is InChI=1S/C18H18ClN3O5S2/c1-28(23,24)12-5-6-13(19)17(10-12)29(25,26)22-11-4-7-14-15(9-11)21-18(20-14)16-3-2-8-27-16/h4-7,9-10,16,22H,2-3,8H2,1H3,(H,20,21). The van der Waals surface area contributed by atoms with Gasteiger partial charge in [-0.05, 0) is 49.2 Å². The van der Waals surface area contributed by atoms with Gasteiger partial charge in [0.2, 0.25) is 0 Å². The van der Waals surface area contributed by atoms with Gasteiger partial charge in [-0.2, -0.15) is 0 Å². The third-order valence-corrected chi connectivity index (χ3v) is 7.58. The Kier molecular flexibility index (Phi) is 5.06. The van der Waals surface area contributed by atoms with Gasteiger partial charge in [-0.15, -0.1) is 0 Å². The van der Waals surface area contributed by atoms with Crippen molar-refractivity contribution in [3.63, 3.8) is 0 Å². The summed E-state index contributed by atoms with van der Waals surface area (Å²) in [6.45, 7) is 0.695. The molecule has 1 unspecified atom stereocenters. The van der Waals surface area contributed by atoms with Crippen molar-refractivity contribution in [1.29, 1.82) is 0 Å². The van der Waals surface area contributed by atoms with Gasteiger partial charge in [0.15, 0.2) is 9.84 Å². The monoisotopic (exact) mass is 455 g/mol. The highest BCUT2D eigenvalue weighted by atomic mass is 35.5. The summed E-state index contributed by atoms with van der Waals surface area (Å²) in [4.78, 5) is 7.22. The van der Waals surface area contributed by atoms with E-state index in [1.807, 2.05) is 0 Å². The molecule has 0 saturated carbocycles. The molecular formula is C18H18ClN3O5S2. The predicted octanol–water partition coefficient (Wildman–Crippen LogP) is 3.27. The maximum absolute atomic E-state index is 12.8. The van der Waals surface area contributed by atoms with Crippen molar-refractivity contribution < 1.29 is 21.6 Å². The van der Waals surface area contributed by atoms with Crippen LogP contribution in [-0.4, -0.2) is 39.7 Å². The summed E-state index contributed by atoms with van der Waals surface area (Å²) >= 11 is 6.02. The molecule has 0 aliphatic carbocycles. The van der Waals surface area contributed by atoms with E-state index in [0.29, 0.717) is 29.2 Å². The number of ether oxygens (including phenoxy) is 1. The van der Waals surface area contributed by atoms with Gasteiger partial charge in [0.25, 0.3) is 10.0 Å². The number of aromatic amines is 1. The number of hydrogen-bond acceptors (Lipinski definition) is 6. The van der Waals surface area contributed by atoms with Crippen LogP contribution < -0.4 is 4.72 Å². The second-order valence-electron chi connectivity index (χ2n) is 6.83. The average Bonchev–Trinajstić information content (AvgIpc) is 3.29. The molecule has 154 valence electrons. The van der Waals surface area contributed by atoms with Gasteiger partial charge in [0.05, 0.1) is 26.6 Å². The van der Waals surface area contributed by atoms with Crippen molar-refractivity contribution in [2.75, 3.05) is 17.6 Å². The fourth-order valence-corrected chi connectivity index (χ4v) is 5.47. The van der Waals surface area contributed by atoms with Gasteiger partial charge >= 0.3 is 0 Å². The van der Waals surface area contributed by atoms with E-state index in [2.05, 4.69) is 14.7 Å². The van der Waals surface area contributed by atoms with Crippen LogP contribution in [0.2, 0.25) is 5.02 Å². The van der Waals surface area contributed by atoms with Crippen molar-refractivity contribution >= 4 is 48.2 Å². The molecule has 1 saturated heterocycles. The van der Waals surface area contributed by atoms with Crippen LogP contribution in [0.25, 0.3) is 11.0 Å². The molecule has 11 heteroatoms. The largest absolute Gasteiger partial charge is 0.370 e. The van der Waals surface area contributed by atoms with Gasteiger partial charge in [0.1, 0.15) is 16.8 Å². The van der Waals surface area contributed by atoms with Crippen molar-refractivity contribution in [1.82, 2.24) is 9.97 Å². The minimum absolute atomic E-state index is 0.0758. The summed E-state index contributed by atoms with van der Waals surface area (Å²) in [6, 6.07) is 8.44. The van der Waals surface area contributed by atoms with E-state index >= 15 is 0 Å². The molecule has 1 aliphatic rings. The Morgan fingerprint density at radius 3 is 2.66 bits per heavy atom. The minimum atomic E-state index is -4.11. The number of imidazole rings is 1. The molecule has 1 fully saturated rings. The van der Waals surface area contributed by atoms with Gasteiger partial charge < -0.3 is 9.72 Å². The lowest BCUT2D eigenvalue weighted by atomic mass is 10.2. The molecule has 0 spiro atoms. The van der Waals surface area contributed by atoms with Gasteiger partial charge in [-0.3, -0.25) is 4.72 Å². The first kappa shape index (κ1) is 20.1. The molecular weight excluding hydrogens is 438 g/mol. The fraction of sp³-hybridized carbons (Fsp3) is 0.278. The average molecular weight is 456 g/mol. The molecule has 2 heterocycles. The summed E-state index contributed by atoms with van der Waals surface area (Å²) in [5.41, 5.74) is 1.64. The normalized spacial score (nSPS) is 17.7. The number of nitrogens with one attached hydrogen (secondary N) is 2. The van der Waals surface area contributed by atoms with Crippen molar-refractivity contribution in [2.24, 2.45) is 0 Å². The van der Waals surface area contributed by atoms with E-state index in [1.165, 1.54) is 12.1 Å². The Balaban J connectivity index is 1.66. The van der Waals surface area contributed by atoms with Crippen LogP contribution in [0.4, 0.5) is 5.69 Å². The smallest absolute Gasteiger partial charge is 0.263 e. The lowest BCUT2D eigenvalue weighted by molar-refractivity contribution is 0.106. The zero-order valence-electron chi connectivity index (χ0n) is 15.3. The molecule has 0 bridgehead atoms. The number of sulfonamides is 1. The first-order chi connectivity index (χ1) is 13.6. The second kappa shape index (κ2) is 7.28. The van der Waals surface area contributed by atoms with Gasteiger partial charge in [0, 0.05) is 12.9 Å². The zero-order chi connectivity index (χ0) is 20.8. The van der Waals surface area contributed by atoms with Crippen LogP contribution in [0, 0.1) is 0 Å². The summed E-state index contributed by atoms with van der Waals surface area (Å²) in [5, 5.41) is -0.0758.